The van der Waals surface area contributed by atoms with Crippen molar-refractivity contribution in [2.24, 2.45) is 5.92 Å². The number of ether oxygens (including phenoxy) is 1. The molecule has 1 aliphatic rings. The quantitative estimate of drug-likeness (QED) is 0.782. The van der Waals surface area contributed by atoms with E-state index in [1.54, 1.807) is 23.1 Å². The molecule has 1 fully saturated rings. The molecule has 0 spiro atoms. The molecule has 1 N–H and O–H groups in total. The van der Waals surface area contributed by atoms with Gasteiger partial charge in [-0.2, -0.15) is 0 Å². The van der Waals surface area contributed by atoms with Crippen LogP contribution in [0.3, 0.4) is 0 Å². The third kappa shape index (κ3) is 5.81. The Balaban J connectivity index is 1.98. The van der Waals surface area contributed by atoms with Crippen molar-refractivity contribution < 1.29 is 23.8 Å². The highest BCUT2D eigenvalue weighted by Crippen LogP contribution is 2.20. The Morgan fingerprint density at radius 1 is 1.32 bits per heavy atom. The lowest BCUT2D eigenvalue weighted by atomic mass is 9.97. The number of carboxylic acid groups (broad SMARTS) is 1. The molecule has 0 aromatic heterocycles. The van der Waals surface area contributed by atoms with E-state index in [9.17, 15) is 14.0 Å². The summed E-state index contributed by atoms with van der Waals surface area (Å²) in [5, 5.41) is 8.96. The fraction of sp³-hybridized carbons (Fsp3) is 0.579. The zero-order chi connectivity index (χ0) is 18.2. The summed E-state index contributed by atoms with van der Waals surface area (Å²) >= 11 is 0. The van der Waals surface area contributed by atoms with Crippen LogP contribution in [0.15, 0.2) is 24.3 Å². The molecule has 1 aromatic carbocycles. The van der Waals surface area contributed by atoms with Crippen molar-refractivity contribution >= 4 is 11.9 Å². The molecule has 138 valence electrons. The molecular weight excluding hydrogens is 325 g/mol. The minimum atomic E-state index is -0.913. The number of rotatable bonds is 8. The van der Waals surface area contributed by atoms with Crippen molar-refractivity contribution in [3.05, 3.63) is 35.6 Å². The largest absolute Gasteiger partial charge is 0.481 e. The van der Waals surface area contributed by atoms with Gasteiger partial charge in [0.25, 0.3) is 0 Å². The van der Waals surface area contributed by atoms with E-state index in [1.165, 1.54) is 6.07 Å². The van der Waals surface area contributed by atoms with Gasteiger partial charge in [0.2, 0.25) is 5.91 Å². The lowest BCUT2D eigenvalue weighted by Crippen LogP contribution is -2.46. The molecule has 0 bridgehead atoms. The predicted molar refractivity (Wildman–Crippen MR) is 91.7 cm³/mol. The Bertz CT molecular complexity index is 587. The van der Waals surface area contributed by atoms with Gasteiger partial charge in [-0.1, -0.05) is 25.1 Å². The number of benzene rings is 1. The summed E-state index contributed by atoms with van der Waals surface area (Å²) in [5.41, 5.74) is 0.602. The molecule has 1 saturated heterocycles. The summed E-state index contributed by atoms with van der Waals surface area (Å²) in [5.74, 6) is -1.50. The van der Waals surface area contributed by atoms with Crippen LogP contribution in [-0.2, 0) is 20.7 Å². The highest BCUT2D eigenvalue weighted by molar-refractivity contribution is 5.79. The van der Waals surface area contributed by atoms with Gasteiger partial charge < -0.3 is 14.7 Å². The van der Waals surface area contributed by atoms with Gasteiger partial charge >= 0.3 is 5.97 Å². The number of amides is 1. The number of hydrogen-bond donors (Lipinski definition) is 1. The van der Waals surface area contributed by atoms with Crippen molar-refractivity contribution in [1.29, 1.82) is 0 Å². The molecule has 2 rings (SSSR count). The molecule has 1 atom stereocenters. The Hall–Kier alpha value is -1.95. The van der Waals surface area contributed by atoms with E-state index in [0.29, 0.717) is 31.6 Å². The molecule has 0 aliphatic carbocycles. The summed E-state index contributed by atoms with van der Waals surface area (Å²) in [4.78, 5) is 25.5. The fourth-order valence-electron chi connectivity index (χ4n) is 3.17. The molecule has 5 nitrogen and oxygen atoms in total. The molecule has 25 heavy (non-hydrogen) atoms. The van der Waals surface area contributed by atoms with E-state index < -0.39 is 5.97 Å². The van der Waals surface area contributed by atoms with Gasteiger partial charge in [0.05, 0.1) is 6.42 Å². The fourth-order valence-corrected chi connectivity index (χ4v) is 3.17. The van der Waals surface area contributed by atoms with Crippen molar-refractivity contribution in [3.63, 3.8) is 0 Å². The first-order valence-electron chi connectivity index (χ1n) is 8.82. The van der Waals surface area contributed by atoms with Crippen LogP contribution in [0.4, 0.5) is 4.39 Å². The van der Waals surface area contributed by atoms with Crippen molar-refractivity contribution in [1.82, 2.24) is 4.90 Å². The summed E-state index contributed by atoms with van der Waals surface area (Å²) in [6.45, 7) is 3.22. The van der Waals surface area contributed by atoms with Crippen LogP contribution in [0.1, 0.15) is 38.2 Å². The van der Waals surface area contributed by atoms with Gasteiger partial charge in [0.1, 0.15) is 5.82 Å². The van der Waals surface area contributed by atoms with Crippen LogP contribution in [0.5, 0.6) is 0 Å². The smallest absolute Gasteiger partial charge is 0.305 e. The van der Waals surface area contributed by atoms with Gasteiger partial charge in [0.15, 0.2) is 0 Å². The third-order valence-electron chi connectivity index (χ3n) is 4.71. The first kappa shape index (κ1) is 19.4. The van der Waals surface area contributed by atoms with Crippen LogP contribution in [0.2, 0.25) is 0 Å². The topological polar surface area (TPSA) is 66.8 Å². The molecule has 0 radical (unpaired) electrons. The van der Waals surface area contributed by atoms with Crippen LogP contribution in [0, 0.1) is 11.7 Å². The van der Waals surface area contributed by atoms with Crippen LogP contribution in [0.25, 0.3) is 0 Å². The lowest BCUT2D eigenvalue weighted by molar-refractivity contribution is -0.142. The minimum Gasteiger partial charge on any atom is -0.481 e. The summed E-state index contributed by atoms with van der Waals surface area (Å²) in [7, 11) is 0. The monoisotopic (exact) mass is 351 g/mol. The Labute approximate surface area is 147 Å². The minimum absolute atomic E-state index is 0.0245. The highest BCUT2D eigenvalue weighted by atomic mass is 19.1. The number of aliphatic carboxylic acids is 1. The summed E-state index contributed by atoms with van der Waals surface area (Å²) in [6.07, 6.45) is 2.41. The van der Waals surface area contributed by atoms with Crippen LogP contribution >= 0.6 is 0 Å². The second-order valence-electron chi connectivity index (χ2n) is 6.55. The second kappa shape index (κ2) is 9.51. The number of carboxylic acids is 1. The lowest BCUT2D eigenvalue weighted by Gasteiger charge is -2.35. The maximum atomic E-state index is 13.7. The average molecular weight is 351 g/mol. The van der Waals surface area contributed by atoms with E-state index in [4.69, 9.17) is 9.84 Å². The Morgan fingerprint density at radius 3 is 2.64 bits per heavy atom. The molecule has 1 amide bonds. The number of hydrogen-bond acceptors (Lipinski definition) is 3. The van der Waals surface area contributed by atoms with Gasteiger partial charge in [-0.05, 0) is 37.3 Å². The van der Waals surface area contributed by atoms with E-state index >= 15 is 0 Å². The Morgan fingerprint density at radius 2 is 2.00 bits per heavy atom. The van der Waals surface area contributed by atoms with E-state index in [-0.39, 0.29) is 36.6 Å². The number of nitrogens with zero attached hydrogens (tertiary/aromatic N) is 1. The normalized spacial score (nSPS) is 16.4. The standard InChI is InChI=1S/C19H26FNO4/c1-14(6-7-15-4-2-3-5-17(15)20)19(24)21(11-8-18(22)23)16-9-12-25-13-10-16/h2-5,14,16H,6-13H2,1H3,(H,22,23)/t14-/m0/s1. The van der Waals surface area contributed by atoms with Crippen molar-refractivity contribution in [2.75, 3.05) is 19.8 Å². The second-order valence-corrected chi connectivity index (χ2v) is 6.55. The molecule has 0 unspecified atom stereocenters. The molecule has 0 saturated carbocycles. The average Bonchev–Trinajstić information content (AvgIpc) is 2.61. The molecule has 1 aliphatic heterocycles. The van der Waals surface area contributed by atoms with Gasteiger partial charge in [-0.25, -0.2) is 4.39 Å². The number of carbonyl (C=O) groups excluding carboxylic acids is 1. The van der Waals surface area contributed by atoms with Gasteiger partial charge in [-0.15, -0.1) is 0 Å². The van der Waals surface area contributed by atoms with Gasteiger partial charge in [0, 0.05) is 31.7 Å². The number of carbonyl (C=O) groups is 2. The molecule has 1 aromatic rings. The zero-order valence-electron chi connectivity index (χ0n) is 14.6. The first-order valence-corrected chi connectivity index (χ1v) is 8.82. The van der Waals surface area contributed by atoms with E-state index in [2.05, 4.69) is 0 Å². The maximum absolute atomic E-state index is 13.7. The number of aryl methyl sites for hydroxylation is 1. The van der Waals surface area contributed by atoms with Crippen LogP contribution < -0.4 is 0 Å². The Kier molecular flexibility index (Phi) is 7.37. The highest BCUT2D eigenvalue weighted by Gasteiger charge is 2.29. The molecule has 6 heteroatoms. The zero-order valence-corrected chi connectivity index (χ0v) is 14.6. The van der Waals surface area contributed by atoms with Crippen molar-refractivity contribution in [2.45, 2.75) is 45.1 Å². The first-order chi connectivity index (χ1) is 12.0. The van der Waals surface area contributed by atoms with E-state index in [0.717, 1.165) is 12.8 Å². The number of halogens is 1. The maximum Gasteiger partial charge on any atom is 0.305 e. The predicted octanol–water partition coefficient (Wildman–Crippen LogP) is 2.88. The van der Waals surface area contributed by atoms with Crippen LogP contribution in [-0.4, -0.2) is 47.7 Å². The molecular formula is C19H26FNO4. The van der Waals surface area contributed by atoms with Gasteiger partial charge in [-0.3, -0.25) is 9.59 Å². The molecule has 1 heterocycles. The van der Waals surface area contributed by atoms with Crippen molar-refractivity contribution in [3.8, 4) is 0 Å². The third-order valence-corrected chi connectivity index (χ3v) is 4.71. The SMILES string of the molecule is C[C@@H](CCc1ccccc1F)C(=O)N(CCC(=O)O)C1CCOCC1. The summed E-state index contributed by atoms with van der Waals surface area (Å²) in [6, 6.07) is 6.60. The van der Waals surface area contributed by atoms with E-state index in [1.807, 2.05) is 6.92 Å². The summed E-state index contributed by atoms with van der Waals surface area (Å²) < 4.78 is 19.1.